The fourth-order valence-electron chi connectivity index (χ4n) is 4.33. The predicted molar refractivity (Wildman–Crippen MR) is 132 cm³/mol. The molecule has 0 saturated carbocycles. The summed E-state index contributed by atoms with van der Waals surface area (Å²) in [6, 6.07) is 17.9. The van der Waals surface area contributed by atoms with Gasteiger partial charge in [-0.3, -0.25) is 9.48 Å². The number of carbonyl (C=O) groups is 1. The van der Waals surface area contributed by atoms with Crippen molar-refractivity contribution in [2.45, 2.75) is 59.5 Å². The molecule has 6 nitrogen and oxygen atoms in total. The summed E-state index contributed by atoms with van der Waals surface area (Å²) in [4.78, 5) is 21.2. The summed E-state index contributed by atoms with van der Waals surface area (Å²) in [6.45, 7) is 9.40. The van der Waals surface area contributed by atoms with Crippen LogP contribution in [0.2, 0.25) is 0 Å². The predicted octanol–water partition coefficient (Wildman–Crippen LogP) is 5.07. The molecule has 1 atom stereocenters. The largest absolute Gasteiger partial charge is 0.346 e. The van der Waals surface area contributed by atoms with Gasteiger partial charge in [-0.1, -0.05) is 56.3 Å². The van der Waals surface area contributed by atoms with Crippen molar-refractivity contribution in [3.05, 3.63) is 82.9 Å². The average molecular weight is 444 g/mol. The van der Waals surface area contributed by atoms with Gasteiger partial charge in [-0.2, -0.15) is 5.10 Å². The van der Waals surface area contributed by atoms with Gasteiger partial charge in [0.1, 0.15) is 5.82 Å². The molecule has 1 amide bonds. The highest BCUT2D eigenvalue weighted by Gasteiger charge is 2.20. The third-order valence-corrected chi connectivity index (χ3v) is 6.03. The molecule has 4 aromatic rings. The first-order valence-electron chi connectivity index (χ1n) is 11.7. The van der Waals surface area contributed by atoms with Crippen LogP contribution in [0, 0.1) is 19.8 Å². The summed E-state index contributed by atoms with van der Waals surface area (Å²) in [5.41, 5.74) is 6.39. The zero-order valence-corrected chi connectivity index (χ0v) is 19.9. The summed E-state index contributed by atoms with van der Waals surface area (Å²) in [6.07, 6.45) is 1.77. The van der Waals surface area contributed by atoms with Gasteiger partial charge in [0.2, 0.25) is 5.91 Å². The van der Waals surface area contributed by atoms with Gasteiger partial charge in [-0.15, -0.1) is 0 Å². The van der Waals surface area contributed by atoms with Crippen LogP contribution in [-0.2, 0) is 24.2 Å². The van der Waals surface area contributed by atoms with E-state index in [1.54, 1.807) is 0 Å². The Morgan fingerprint density at radius 2 is 1.79 bits per heavy atom. The molecule has 2 aromatic carbocycles. The number of hydrogen-bond acceptors (Lipinski definition) is 3. The zero-order valence-electron chi connectivity index (χ0n) is 19.9. The van der Waals surface area contributed by atoms with E-state index in [9.17, 15) is 4.79 Å². The van der Waals surface area contributed by atoms with Crippen molar-refractivity contribution in [2.75, 3.05) is 0 Å². The topological polar surface area (TPSA) is 75.6 Å². The van der Waals surface area contributed by atoms with E-state index in [-0.39, 0.29) is 11.9 Å². The number of carbonyl (C=O) groups excluding carboxylic acids is 1. The molecule has 0 bridgehead atoms. The second-order valence-corrected chi connectivity index (χ2v) is 9.17. The SMILES string of the molecule is Cc1nn(CC(C)C)c(C)c1CCC(=O)N[C@@H](Cc1ccccc1)c1nc2ccccc2[nH]1. The van der Waals surface area contributed by atoms with Gasteiger partial charge in [0.05, 0.1) is 22.8 Å². The number of H-pyrrole nitrogens is 1. The summed E-state index contributed by atoms with van der Waals surface area (Å²) >= 11 is 0. The van der Waals surface area contributed by atoms with Crippen molar-refractivity contribution >= 4 is 16.9 Å². The number of fused-ring (bicyclic) bond motifs is 1. The minimum atomic E-state index is -0.224. The molecule has 33 heavy (non-hydrogen) atoms. The Balaban J connectivity index is 1.49. The average Bonchev–Trinajstić information content (AvgIpc) is 3.33. The first-order valence-corrected chi connectivity index (χ1v) is 11.7. The Hall–Kier alpha value is -3.41. The molecule has 4 rings (SSSR count). The van der Waals surface area contributed by atoms with Gasteiger partial charge in [0.25, 0.3) is 0 Å². The number of hydrogen-bond donors (Lipinski definition) is 2. The van der Waals surface area contributed by atoms with Crippen LogP contribution >= 0.6 is 0 Å². The van der Waals surface area contributed by atoms with Crippen LogP contribution in [0.1, 0.15) is 54.6 Å². The fraction of sp³-hybridized carbons (Fsp3) is 0.370. The molecule has 2 heterocycles. The molecule has 0 saturated heterocycles. The highest BCUT2D eigenvalue weighted by Crippen LogP contribution is 2.21. The standard InChI is InChI=1S/C27H33N5O/c1-18(2)17-32-20(4)22(19(3)31-32)14-15-26(33)28-25(16-21-10-6-5-7-11-21)27-29-23-12-8-9-13-24(23)30-27/h5-13,18,25H,14-17H2,1-4H3,(H,28,33)(H,29,30)/t25-/m0/s1. The number of nitrogens with zero attached hydrogens (tertiary/aromatic N) is 3. The summed E-state index contributed by atoms with van der Waals surface area (Å²) in [5.74, 6) is 1.33. The van der Waals surface area contributed by atoms with Crippen molar-refractivity contribution in [1.29, 1.82) is 0 Å². The van der Waals surface area contributed by atoms with Crippen LogP contribution < -0.4 is 5.32 Å². The number of aryl methyl sites for hydroxylation is 1. The van der Waals surface area contributed by atoms with Gasteiger partial charge in [-0.05, 0) is 55.9 Å². The molecule has 0 fully saturated rings. The Labute approximate surface area is 195 Å². The van der Waals surface area contributed by atoms with E-state index >= 15 is 0 Å². The Kier molecular flexibility index (Phi) is 6.92. The highest BCUT2D eigenvalue weighted by molar-refractivity contribution is 5.78. The summed E-state index contributed by atoms with van der Waals surface area (Å²) in [5, 5.41) is 7.92. The second-order valence-electron chi connectivity index (χ2n) is 9.17. The zero-order chi connectivity index (χ0) is 23.4. The van der Waals surface area contributed by atoms with Crippen molar-refractivity contribution in [1.82, 2.24) is 25.1 Å². The molecule has 0 radical (unpaired) electrons. The van der Waals surface area contributed by atoms with E-state index < -0.39 is 0 Å². The van der Waals surface area contributed by atoms with Crippen molar-refractivity contribution < 1.29 is 4.79 Å². The van der Waals surface area contributed by atoms with Crippen molar-refractivity contribution in [3.8, 4) is 0 Å². The van der Waals surface area contributed by atoms with Gasteiger partial charge < -0.3 is 10.3 Å². The van der Waals surface area contributed by atoms with Crippen LogP contribution in [-0.4, -0.2) is 25.7 Å². The maximum Gasteiger partial charge on any atom is 0.220 e. The van der Waals surface area contributed by atoms with Crippen molar-refractivity contribution in [3.63, 3.8) is 0 Å². The van der Waals surface area contributed by atoms with Crippen LogP contribution in [0.4, 0.5) is 0 Å². The van der Waals surface area contributed by atoms with E-state index in [1.807, 2.05) is 49.4 Å². The normalized spacial score (nSPS) is 12.4. The van der Waals surface area contributed by atoms with Gasteiger partial charge in [0.15, 0.2) is 0 Å². The van der Waals surface area contributed by atoms with Crippen LogP contribution in [0.25, 0.3) is 11.0 Å². The lowest BCUT2D eigenvalue weighted by Crippen LogP contribution is -2.31. The second kappa shape index (κ2) is 10.0. The molecule has 0 aliphatic heterocycles. The number of amides is 1. The summed E-state index contributed by atoms with van der Waals surface area (Å²) in [7, 11) is 0. The monoisotopic (exact) mass is 443 g/mol. The van der Waals surface area contributed by atoms with E-state index in [0.29, 0.717) is 25.2 Å². The third kappa shape index (κ3) is 5.51. The van der Waals surface area contributed by atoms with Crippen molar-refractivity contribution in [2.24, 2.45) is 5.92 Å². The first-order chi connectivity index (χ1) is 15.9. The van der Waals surface area contributed by atoms with Crippen LogP contribution in [0.15, 0.2) is 54.6 Å². The lowest BCUT2D eigenvalue weighted by Gasteiger charge is -2.17. The minimum Gasteiger partial charge on any atom is -0.346 e. The number of aromatic amines is 1. The molecule has 0 aliphatic carbocycles. The molecule has 2 aromatic heterocycles. The summed E-state index contributed by atoms with van der Waals surface area (Å²) < 4.78 is 2.07. The molecule has 0 spiro atoms. The van der Waals surface area contributed by atoms with Gasteiger partial charge >= 0.3 is 0 Å². The number of nitrogens with one attached hydrogen (secondary N) is 2. The highest BCUT2D eigenvalue weighted by atomic mass is 16.1. The van der Waals surface area contributed by atoms with E-state index in [4.69, 9.17) is 4.98 Å². The smallest absolute Gasteiger partial charge is 0.220 e. The molecular formula is C27H33N5O. The molecule has 0 aliphatic rings. The lowest BCUT2D eigenvalue weighted by molar-refractivity contribution is -0.121. The number of para-hydroxylation sites is 2. The minimum absolute atomic E-state index is 0.0202. The van der Waals surface area contributed by atoms with E-state index in [2.05, 4.69) is 53.0 Å². The number of rotatable bonds is 9. The quantitative estimate of drug-likeness (QED) is 0.379. The molecular weight excluding hydrogens is 410 g/mol. The van der Waals surface area contributed by atoms with E-state index in [1.165, 1.54) is 5.56 Å². The van der Waals surface area contributed by atoms with Gasteiger partial charge in [0, 0.05) is 18.7 Å². The molecule has 0 unspecified atom stereocenters. The molecule has 6 heteroatoms. The third-order valence-electron chi connectivity index (χ3n) is 6.03. The first kappa shape index (κ1) is 22.8. The maximum atomic E-state index is 13.0. The Bertz CT molecular complexity index is 1190. The van der Waals surface area contributed by atoms with Crippen LogP contribution in [0.3, 0.4) is 0 Å². The molecule has 172 valence electrons. The van der Waals surface area contributed by atoms with Gasteiger partial charge in [-0.25, -0.2) is 4.98 Å². The van der Waals surface area contributed by atoms with E-state index in [0.717, 1.165) is 40.4 Å². The maximum absolute atomic E-state index is 13.0. The number of aromatic nitrogens is 4. The number of benzene rings is 2. The fourth-order valence-corrected chi connectivity index (χ4v) is 4.33. The van der Waals surface area contributed by atoms with Crippen LogP contribution in [0.5, 0.6) is 0 Å². The molecule has 2 N–H and O–H groups in total. The Morgan fingerprint density at radius 1 is 1.06 bits per heavy atom. The lowest BCUT2D eigenvalue weighted by atomic mass is 10.0. The number of imidazole rings is 1. The Morgan fingerprint density at radius 3 is 2.52 bits per heavy atom.